The second-order valence-corrected chi connectivity index (χ2v) is 10.3. The topological polar surface area (TPSA) is 118 Å². The molecule has 0 saturated heterocycles. The zero-order valence-corrected chi connectivity index (χ0v) is 19.8. The number of hydrogen-bond donors (Lipinski definition) is 2. The highest BCUT2D eigenvalue weighted by atomic mass is 32.2. The van der Waals surface area contributed by atoms with Gasteiger partial charge < -0.3 is 16.2 Å². The lowest BCUT2D eigenvalue weighted by atomic mass is 9.83. The van der Waals surface area contributed by atoms with Crippen molar-refractivity contribution in [1.29, 1.82) is 0 Å². The van der Waals surface area contributed by atoms with Crippen LogP contribution in [0.4, 0.5) is 5.95 Å². The average Bonchev–Trinajstić information content (AvgIpc) is 3.03. The number of methoxy groups -OCH3 is 1. The minimum atomic E-state index is 0.0319. The van der Waals surface area contributed by atoms with Gasteiger partial charge in [-0.3, -0.25) is 4.98 Å². The van der Waals surface area contributed by atoms with Crippen molar-refractivity contribution in [1.82, 2.24) is 24.7 Å². The first kappa shape index (κ1) is 21.5. The minimum absolute atomic E-state index is 0.0319. The second-order valence-electron chi connectivity index (χ2n) is 9.08. The molecule has 1 saturated carbocycles. The Hall–Kier alpha value is -2.39. The van der Waals surface area contributed by atoms with Crippen LogP contribution in [-0.4, -0.2) is 43.1 Å². The van der Waals surface area contributed by atoms with Crippen molar-refractivity contribution in [3.63, 3.8) is 0 Å². The first-order chi connectivity index (χ1) is 15.5. The predicted octanol–water partition coefficient (Wildman–Crippen LogP) is 3.40. The molecule has 3 aromatic rings. The molecule has 1 aliphatic heterocycles. The first-order valence-electron chi connectivity index (χ1n) is 11.4. The maximum absolute atomic E-state index is 6.76. The summed E-state index contributed by atoms with van der Waals surface area (Å²) in [5.41, 5.74) is 17.6. The van der Waals surface area contributed by atoms with E-state index in [9.17, 15) is 0 Å². The number of hydrogen-bond acceptors (Lipinski definition) is 8. The molecule has 5 rings (SSSR count). The number of pyridine rings is 1. The Kier molecular flexibility index (Phi) is 5.71. The molecular formula is C23H31N7OS. The van der Waals surface area contributed by atoms with Gasteiger partial charge >= 0.3 is 0 Å². The Bertz CT molecular complexity index is 1160. The maximum Gasteiger partial charge on any atom is 0.223 e. The highest BCUT2D eigenvalue weighted by molar-refractivity contribution is 8.00. The van der Waals surface area contributed by atoms with E-state index in [0.29, 0.717) is 17.7 Å². The summed E-state index contributed by atoms with van der Waals surface area (Å²) >= 11 is 1.78. The van der Waals surface area contributed by atoms with Gasteiger partial charge in [-0.25, -0.2) is 9.67 Å². The average molecular weight is 454 g/mol. The largest absolute Gasteiger partial charge is 0.496 e. The lowest BCUT2D eigenvalue weighted by Crippen LogP contribution is -2.39. The van der Waals surface area contributed by atoms with Gasteiger partial charge in [0, 0.05) is 35.0 Å². The molecule has 0 bridgehead atoms. The van der Waals surface area contributed by atoms with Crippen molar-refractivity contribution in [2.24, 2.45) is 11.7 Å². The lowest BCUT2D eigenvalue weighted by molar-refractivity contribution is 0.326. The monoisotopic (exact) mass is 453 g/mol. The fourth-order valence-corrected chi connectivity index (χ4v) is 6.77. The molecular weight excluding hydrogens is 422 g/mol. The molecule has 4 N–H and O–H groups in total. The Morgan fingerprint density at radius 3 is 2.72 bits per heavy atom. The third-order valence-corrected chi connectivity index (χ3v) is 8.44. The van der Waals surface area contributed by atoms with E-state index in [0.717, 1.165) is 50.7 Å². The summed E-state index contributed by atoms with van der Waals surface area (Å²) in [7, 11) is 1.69. The smallest absolute Gasteiger partial charge is 0.223 e. The summed E-state index contributed by atoms with van der Waals surface area (Å²) in [6.45, 7) is 4.51. The molecule has 0 amide bonds. The Morgan fingerprint density at radius 1 is 1.19 bits per heavy atom. The van der Waals surface area contributed by atoms with Gasteiger partial charge in [-0.05, 0) is 32.6 Å². The van der Waals surface area contributed by atoms with Crippen LogP contribution in [0.25, 0.3) is 11.0 Å². The fraction of sp³-hybridized carbons (Fsp3) is 0.565. The van der Waals surface area contributed by atoms with Gasteiger partial charge in [-0.15, -0.1) is 11.8 Å². The lowest BCUT2D eigenvalue weighted by Gasteiger charge is -2.32. The number of nitrogens with two attached hydrogens (primary N) is 2. The third-order valence-electron chi connectivity index (χ3n) is 6.91. The van der Waals surface area contributed by atoms with E-state index in [1.807, 2.05) is 24.7 Å². The van der Waals surface area contributed by atoms with Crippen LogP contribution in [0.3, 0.4) is 0 Å². The number of nitrogen functional groups attached to an aromatic ring is 1. The predicted molar refractivity (Wildman–Crippen MR) is 127 cm³/mol. The first-order valence-corrected chi connectivity index (χ1v) is 12.3. The van der Waals surface area contributed by atoms with Crippen LogP contribution in [-0.2, 0) is 13.0 Å². The van der Waals surface area contributed by atoms with Crippen molar-refractivity contribution >= 4 is 28.7 Å². The number of aryl methyl sites for hydroxylation is 1. The zero-order valence-electron chi connectivity index (χ0n) is 19.0. The van der Waals surface area contributed by atoms with E-state index in [4.69, 9.17) is 21.3 Å². The highest BCUT2D eigenvalue weighted by Gasteiger charge is 2.35. The molecule has 4 heterocycles. The van der Waals surface area contributed by atoms with Gasteiger partial charge in [-0.1, -0.05) is 19.3 Å². The van der Waals surface area contributed by atoms with Crippen LogP contribution in [0.5, 0.6) is 5.75 Å². The molecule has 3 aromatic heterocycles. The summed E-state index contributed by atoms with van der Waals surface area (Å²) < 4.78 is 7.47. The number of thioether (sulfide) groups is 1. The molecule has 32 heavy (non-hydrogen) atoms. The van der Waals surface area contributed by atoms with Gasteiger partial charge in [0.15, 0.2) is 5.65 Å². The summed E-state index contributed by atoms with van der Waals surface area (Å²) in [4.78, 5) is 13.9. The van der Waals surface area contributed by atoms with E-state index in [1.165, 1.54) is 32.1 Å². The summed E-state index contributed by atoms with van der Waals surface area (Å²) in [6.07, 6.45) is 8.96. The Morgan fingerprint density at radius 2 is 1.97 bits per heavy atom. The highest BCUT2D eigenvalue weighted by Crippen LogP contribution is 2.43. The second kappa shape index (κ2) is 8.51. The Labute approximate surface area is 192 Å². The quantitative estimate of drug-likeness (QED) is 0.577. The summed E-state index contributed by atoms with van der Waals surface area (Å²) in [6, 6.07) is 0.0319. The summed E-state index contributed by atoms with van der Waals surface area (Å²) in [5, 5.41) is 7.20. The van der Waals surface area contributed by atoms with Gasteiger partial charge in [0.25, 0.3) is 0 Å². The van der Waals surface area contributed by atoms with Crippen LogP contribution in [0.2, 0.25) is 0 Å². The van der Waals surface area contributed by atoms with E-state index >= 15 is 0 Å². The molecule has 2 aliphatic rings. The number of nitrogens with zero attached hydrogens (tertiary/aromatic N) is 5. The van der Waals surface area contributed by atoms with Crippen molar-refractivity contribution in [3.05, 3.63) is 28.7 Å². The standard InChI is InChI=1S/C23H31N7OS/c1-12-10-26-17(13(2)19(12)31-3)11-30-21-18-16(29-30)9-15(24)20(14-7-5-4-6-8-14)32-22(18)28-23(25)27-21/h10,14-15,20H,4-9,11,24H2,1-3H3,(H2,25,27,28). The number of rotatable bonds is 4. The number of anilines is 1. The van der Waals surface area contributed by atoms with Crippen molar-refractivity contribution in [2.75, 3.05) is 12.8 Å². The van der Waals surface area contributed by atoms with Crippen molar-refractivity contribution in [2.45, 2.75) is 75.2 Å². The van der Waals surface area contributed by atoms with E-state index < -0.39 is 0 Å². The van der Waals surface area contributed by atoms with Crippen LogP contribution in [0, 0.1) is 19.8 Å². The van der Waals surface area contributed by atoms with Gasteiger partial charge in [0.1, 0.15) is 10.8 Å². The molecule has 2 atom stereocenters. The minimum Gasteiger partial charge on any atom is -0.496 e. The molecule has 2 unspecified atom stereocenters. The van der Waals surface area contributed by atoms with Crippen molar-refractivity contribution < 1.29 is 4.74 Å². The molecule has 1 fully saturated rings. The molecule has 0 spiro atoms. The molecule has 0 radical (unpaired) electrons. The van der Waals surface area contributed by atoms with Gasteiger partial charge in [-0.2, -0.15) is 10.1 Å². The molecule has 9 heteroatoms. The van der Waals surface area contributed by atoms with Crippen LogP contribution < -0.4 is 16.2 Å². The zero-order chi connectivity index (χ0) is 22.4. The molecule has 0 aromatic carbocycles. The third kappa shape index (κ3) is 3.71. The van der Waals surface area contributed by atoms with Crippen molar-refractivity contribution in [3.8, 4) is 5.75 Å². The molecule has 170 valence electrons. The normalized spacial score (nSPS) is 21.6. The van der Waals surface area contributed by atoms with E-state index in [-0.39, 0.29) is 12.0 Å². The van der Waals surface area contributed by atoms with Crippen LogP contribution in [0.1, 0.15) is 54.6 Å². The van der Waals surface area contributed by atoms with E-state index in [2.05, 4.69) is 15.0 Å². The summed E-state index contributed by atoms with van der Waals surface area (Å²) in [5.74, 6) is 1.75. The Balaban J connectivity index is 1.55. The molecule has 1 aliphatic carbocycles. The number of aromatic nitrogens is 5. The number of ether oxygens (including phenoxy) is 1. The maximum atomic E-state index is 6.76. The SMILES string of the molecule is COc1c(C)cnc(Cn2nc3c4c(nc(N)nc42)SC(C2CCCCC2)C(N)C3)c1C. The fourth-order valence-electron chi connectivity index (χ4n) is 5.30. The molecule has 8 nitrogen and oxygen atoms in total. The van der Waals surface area contributed by atoms with Gasteiger partial charge in [0.05, 0.1) is 30.4 Å². The van der Waals surface area contributed by atoms with E-state index in [1.54, 1.807) is 18.9 Å². The van der Waals surface area contributed by atoms with Crippen LogP contribution in [0.15, 0.2) is 11.2 Å². The van der Waals surface area contributed by atoms with Gasteiger partial charge in [0.2, 0.25) is 5.95 Å². The van der Waals surface area contributed by atoms with Crippen LogP contribution >= 0.6 is 11.8 Å².